The number of carbonyl (C=O) groups is 2. The van der Waals surface area contributed by atoms with Gasteiger partial charge in [0, 0.05) is 17.4 Å². The third kappa shape index (κ3) is 2.80. The first-order chi connectivity index (χ1) is 10.6. The lowest BCUT2D eigenvalue weighted by Crippen LogP contribution is -2.23. The average Bonchev–Trinajstić information content (AvgIpc) is 2.95. The number of rotatable bonds is 4. The smallest absolute Gasteiger partial charge is 0.267 e. The molecule has 0 bridgehead atoms. The number of pyridine rings is 1. The third-order valence-corrected chi connectivity index (χ3v) is 3.30. The van der Waals surface area contributed by atoms with Crippen molar-refractivity contribution in [2.75, 3.05) is 0 Å². The Kier molecular flexibility index (Phi) is 3.57. The standard InChI is InChI=1S/C16H14N4O2/c17-15(21)14-6-5-11(8-18-14)16(22)19-9-12-7-10-3-1-2-4-13(10)20-12/h1-8,20H,9H2,(H2,17,21)(H,19,22). The van der Waals surface area contributed by atoms with Crippen molar-refractivity contribution in [3.05, 3.63) is 65.6 Å². The summed E-state index contributed by atoms with van der Waals surface area (Å²) in [4.78, 5) is 30.0. The number of para-hydroxylation sites is 1. The molecule has 0 atom stereocenters. The van der Waals surface area contributed by atoms with Crippen LogP contribution in [-0.4, -0.2) is 21.8 Å². The fraction of sp³-hybridized carbons (Fsp3) is 0.0625. The van der Waals surface area contributed by atoms with E-state index < -0.39 is 5.91 Å². The molecule has 4 N–H and O–H groups in total. The highest BCUT2D eigenvalue weighted by atomic mass is 16.2. The van der Waals surface area contributed by atoms with Gasteiger partial charge in [-0.05, 0) is 29.7 Å². The van der Waals surface area contributed by atoms with E-state index in [2.05, 4.69) is 15.3 Å². The summed E-state index contributed by atoms with van der Waals surface area (Å²) in [5.74, 6) is -0.882. The molecule has 2 heterocycles. The van der Waals surface area contributed by atoms with Crippen LogP contribution < -0.4 is 11.1 Å². The maximum absolute atomic E-state index is 12.0. The summed E-state index contributed by atoms with van der Waals surface area (Å²) < 4.78 is 0. The van der Waals surface area contributed by atoms with Gasteiger partial charge in [0.25, 0.3) is 11.8 Å². The molecule has 6 nitrogen and oxygen atoms in total. The van der Waals surface area contributed by atoms with Gasteiger partial charge >= 0.3 is 0 Å². The van der Waals surface area contributed by atoms with E-state index in [1.807, 2.05) is 30.3 Å². The minimum absolute atomic E-state index is 0.132. The number of nitrogens with one attached hydrogen (secondary N) is 2. The van der Waals surface area contributed by atoms with Crippen molar-refractivity contribution in [2.24, 2.45) is 5.73 Å². The van der Waals surface area contributed by atoms with Gasteiger partial charge < -0.3 is 16.0 Å². The van der Waals surface area contributed by atoms with Crippen LogP contribution in [0.25, 0.3) is 10.9 Å². The van der Waals surface area contributed by atoms with Crippen LogP contribution >= 0.6 is 0 Å². The SMILES string of the molecule is NC(=O)c1ccc(C(=O)NCc2cc3ccccc3[nH]2)cn1. The topological polar surface area (TPSA) is 101 Å². The van der Waals surface area contributed by atoms with Crippen molar-refractivity contribution in [1.82, 2.24) is 15.3 Å². The van der Waals surface area contributed by atoms with Crippen LogP contribution in [-0.2, 0) is 6.54 Å². The molecule has 2 amide bonds. The van der Waals surface area contributed by atoms with Crippen LogP contribution in [0.4, 0.5) is 0 Å². The van der Waals surface area contributed by atoms with Crippen LogP contribution in [0.5, 0.6) is 0 Å². The van der Waals surface area contributed by atoms with Crippen LogP contribution in [0.3, 0.4) is 0 Å². The summed E-state index contributed by atoms with van der Waals surface area (Å²) in [5.41, 5.74) is 7.55. The highest BCUT2D eigenvalue weighted by molar-refractivity contribution is 5.95. The first kappa shape index (κ1) is 13.8. The first-order valence-corrected chi connectivity index (χ1v) is 6.74. The van der Waals surface area contributed by atoms with E-state index in [9.17, 15) is 9.59 Å². The molecule has 3 aromatic rings. The molecule has 0 aliphatic heterocycles. The number of aromatic amines is 1. The van der Waals surface area contributed by atoms with E-state index >= 15 is 0 Å². The van der Waals surface area contributed by atoms with Crippen molar-refractivity contribution in [2.45, 2.75) is 6.54 Å². The predicted octanol–water partition coefficient (Wildman–Crippen LogP) is 1.59. The minimum Gasteiger partial charge on any atom is -0.364 e. The van der Waals surface area contributed by atoms with Crippen molar-refractivity contribution in [1.29, 1.82) is 0 Å². The zero-order valence-corrected chi connectivity index (χ0v) is 11.7. The molecule has 1 aromatic carbocycles. The summed E-state index contributed by atoms with van der Waals surface area (Å²) in [5, 5.41) is 3.90. The Bertz CT molecular complexity index is 804. The number of nitrogens with zero attached hydrogens (tertiary/aromatic N) is 1. The minimum atomic E-state index is -0.620. The lowest BCUT2D eigenvalue weighted by Gasteiger charge is -2.04. The highest BCUT2D eigenvalue weighted by Crippen LogP contribution is 2.14. The second-order valence-electron chi connectivity index (χ2n) is 4.86. The predicted molar refractivity (Wildman–Crippen MR) is 82.2 cm³/mol. The molecule has 0 unspecified atom stereocenters. The van der Waals surface area contributed by atoms with E-state index in [4.69, 9.17) is 5.73 Å². The van der Waals surface area contributed by atoms with Gasteiger partial charge in [-0.25, -0.2) is 0 Å². The molecule has 22 heavy (non-hydrogen) atoms. The molecule has 0 saturated carbocycles. The Morgan fingerprint density at radius 3 is 2.68 bits per heavy atom. The summed E-state index contributed by atoms with van der Waals surface area (Å²) in [7, 11) is 0. The maximum Gasteiger partial charge on any atom is 0.267 e. The fourth-order valence-corrected chi connectivity index (χ4v) is 2.18. The number of aromatic nitrogens is 2. The average molecular weight is 294 g/mol. The van der Waals surface area contributed by atoms with E-state index in [0.717, 1.165) is 16.6 Å². The van der Waals surface area contributed by atoms with Crippen molar-refractivity contribution < 1.29 is 9.59 Å². The number of carbonyl (C=O) groups excluding carboxylic acids is 2. The number of benzene rings is 1. The van der Waals surface area contributed by atoms with Gasteiger partial charge in [0.2, 0.25) is 0 Å². The van der Waals surface area contributed by atoms with Gasteiger partial charge in [-0.15, -0.1) is 0 Å². The van der Waals surface area contributed by atoms with Gasteiger partial charge in [-0.2, -0.15) is 0 Å². The Morgan fingerprint density at radius 1 is 1.18 bits per heavy atom. The maximum atomic E-state index is 12.0. The van der Waals surface area contributed by atoms with Crippen molar-refractivity contribution >= 4 is 22.7 Å². The molecule has 2 aromatic heterocycles. The normalized spacial score (nSPS) is 10.5. The molecule has 3 rings (SSSR count). The molecule has 0 spiro atoms. The third-order valence-electron chi connectivity index (χ3n) is 3.30. The molecule has 0 aliphatic carbocycles. The number of H-pyrrole nitrogens is 1. The number of nitrogens with two attached hydrogens (primary N) is 1. The number of primary amides is 1. The summed E-state index contributed by atoms with van der Waals surface area (Å²) in [6.07, 6.45) is 1.33. The molecule has 6 heteroatoms. The molecule has 0 aliphatic rings. The monoisotopic (exact) mass is 294 g/mol. The van der Waals surface area contributed by atoms with Crippen LogP contribution in [0.15, 0.2) is 48.7 Å². The van der Waals surface area contributed by atoms with Crippen LogP contribution in [0.2, 0.25) is 0 Å². The molecule has 0 saturated heterocycles. The lowest BCUT2D eigenvalue weighted by atomic mass is 10.2. The summed E-state index contributed by atoms with van der Waals surface area (Å²) in [6.45, 7) is 0.380. The van der Waals surface area contributed by atoms with E-state index in [0.29, 0.717) is 12.1 Å². The van der Waals surface area contributed by atoms with Crippen molar-refractivity contribution in [3.8, 4) is 0 Å². The quantitative estimate of drug-likeness (QED) is 0.681. The summed E-state index contributed by atoms with van der Waals surface area (Å²) >= 11 is 0. The Balaban J connectivity index is 1.67. The largest absolute Gasteiger partial charge is 0.364 e. The van der Waals surface area contributed by atoms with E-state index in [1.54, 1.807) is 0 Å². The second-order valence-corrected chi connectivity index (χ2v) is 4.86. The Morgan fingerprint density at radius 2 is 2.00 bits per heavy atom. The lowest BCUT2D eigenvalue weighted by molar-refractivity contribution is 0.0946. The number of hydrogen-bond acceptors (Lipinski definition) is 3. The molecular formula is C16H14N4O2. The van der Waals surface area contributed by atoms with Crippen LogP contribution in [0, 0.1) is 0 Å². The molecule has 0 fully saturated rings. The van der Waals surface area contributed by atoms with Gasteiger partial charge in [-0.1, -0.05) is 18.2 Å². The number of hydrogen-bond donors (Lipinski definition) is 3. The van der Waals surface area contributed by atoms with E-state index in [1.165, 1.54) is 18.3 Å². The molecular weight excluding hydrogens is 280 g/mol. The number of amides is 2. The second kappa shape index (κ2) is 5.69. The van der Waals surface area contributed by atoms with Crippen molar-refractivity contribution in [3.63, 3.8) is 0 Å². The Labute approximate surface area is 126 Å². The van der Waals surface area contributed by atoms with Crippen LogP contribution in [0.1, 0.15) is 26.5 Å². The molecule has 110 valence electrons. The van der Waals surface area contributed by atoms with Gasteiger partial charge in [0.1, 0.15) is 5.69 Å². The van der Waals surface area contributed by atoms with E-state index in [-0.39, 0.29) is 11.6 Å². The van der Waals surface area contributed by atoms with Gasteiger partial charge in [0.05, 0.1) is 12.1 Å². The molecule has 0 radical (unpaired) electrons. The summed E-state index contributed by atoms with van der Waals surface area (Å²) in [6, 6.07) is 12.8. The first-order valence-electron chi connectivity index (χ1n) is 6.74. The zero-order chi connectivity index (χ0) is 15.5. The Hall–Kier alpha value is -3.15. The fourth-order valence-electron chi connectivity index (χ4n) is 2.18. The van der Waals surface area contributed by atoms with Gasteiger partial charge in [0.15, 0.2) is 0 Å². The van der Waals surface area contributed by atoms with Gasteiger partial charge in [-0.3, -0.25) is 14.6 Å². The number of fused-ring (bicyclic) bond motifs is 1. The highest BCUT2D eigenvalue weighted by Gasteiger charge is 2.08. The zero-order valence-electron chi connectivity index (χ0n) is 11.7.